The number of hydrogen-bond acceptors (Lipinski definition) is 3. The Morgan fingerprint density at radius 2 is 2.12 bits per heavy atom. The molecule has 0 radical (unpaired) electrons. The van der Waals surface area contributed by atoms with E-state index in [1.165, 1.54) is 18.2 Å². The molecule has 3 nitrogen and oxygen atoms in total. The summed E-state index contributed by atoms with van der Waals surface area (Å²) in [6.45, 7) is 6.66. The summed E-state index contributed by atoms with van der Waals surface area (Å²) in [6, 6.07) is 8.61. The van der Waals surface area contributed by atoms with E-state index in [1.807, 2.05) is 13.0 Å². The van der Waals surface area contributed by atoms with Crippen LogP contribution in [-0.2, 0) is 9.53 Å². The van der Waals surface area contributed by atoms with Crippen LogP contribution in [0.5, 0.6) is 0 Å². The molecule has 3 heteroatoms. The fourth-order valence-electron chi connectivity index (χ4n) is 1.70. The Bertz CT molecular complexity index is 376. The second-order valence-corrected chi connectivity index (χ2v) is 4.47. The number of ether oxygens (including phenoxy) is 1. The lowest BCUT2D eigenvalue weighted by Crippen LogP contribution is -2.29. The third kappa shape index (κ3) is 4.19. The molecule has 1 aromatic carbocycles. The maximum absolute atomic E-state index is 11.3. The minimum absolute atomic E-state index is 0.118. The Labute approximate surface area is 103 Å². The van der Waals surface area contributed by atoms with E-state index in [0.29, 0.717) is 6.54 Å². The van der Waals surface area contributed by atoms with Crippen molar-refractivity contribution in [2.45, 2.75) is 26.8 Å². The van der Waals surface area contributed by atoms with Gasteiger partial charge in [-0.15, -0.1) is 0 Å². The van der Waals surface area contributed by atoms with Gasteiger partial charge in [0.15, 0.2) is 0 Å². The van der Waals surface area contributed by atoms with Gasteiger partial charge in [0.25, 0.3) is 0 Å². The summed E-state index contributed by atoms with van der Waals surface area (Å²) >= 11 is 0. The lowest BCUT2D eigenvalue weighted by molar-refractivity contribution is -0.144. The molecule has 0 fully saturated rings. The molecule has 0 saturated heterocycles. The van der Waals surface area contributed by atoms with Crippen LogP contribution >= 0.6 is 0 Å². The maximum Gasteiger partial charge on any atom is 0.309 e. The van der Waals surface area contributed by atoms with E-state index in [9.17, 15) is 4.79 Å². The van der Waals surface area contributed by atoms with Crippen LogP contribution in [0.15, 0.2) is 24.3 Å². The van der Waals surface area contributed by atoms with Crippen molar-refractivity contribution in [1.29, 1.82) is 0 Å². The van der Waals surface area contributed by atoms with E-state index in [0.717, 1.165) is 0 Å². The van der Waals surface area contributed by atoms with E-state index in [2.05, 4.69) is 37.4 Å². The number of carbonyl (C=O) groups excluding carboxylic acids is 1. The van der Waals surface area contributed by atoms with Gasteiger partial charge in [0.2, 0.25) is 0 Å². The molecule has 0 aliphatic heterocycles. The van der Waals surface area contributed by atoms with Crippen molar-refractivity contribution < 1.29 is 9.53 Å². The lowest BCUT2D eigenvalue weighted by atomic mass is 10.1. The second kappa shape index (κ2) is 6.40. The fourth-order valence-corrected chi connectivity index (χ4v) is 1.70. The molecule has 2 atom stereocenters. The van der Waals surface area contributed by atoms with Crippen LogP contribution in [0, 0.1) is 12.8 Å². The van der Waals surface area contributed by atoms with Crippen LogP contribution in [0.1, 0.15) is 31.0 Å². The third-order valence-electron chi connectivity index (χ3n) is 2.88. The standard InChI is InChI=1S/C14H21NO2/c1-10-6-5-7-13(8-10)12(3)15-9-11(2)14(16)17-4/h5-8,11-12,15H,9H2,1-4H3/t11?,12-/m1/s1. The second-order valence-electron chi connectivity index (χ2n) is 4.47. The van der Waals surface area contributed by atoms with Gasteiger partial charge in [-0.25, -0.2) is 0 Å². The average molecular weight is 235 g/mol. The Kier molecular flexibility index (Phi) is 5.16. The number of hydrogen-bond donors (Lipinski definition) is 1. The van der Waals surface area contributed by atoms with Gasteiger partial charge >= 0.3 is 5.97 Å². The Balaban J connectivity index is 2.50. The first-order valence-corrected chi connectivity index (χ1v) is 5.92. The molecule has 0 amide bonds. The average Bonchev–Trinajstić information content (AvgIpc) is 2.34. The van der Waals surface area contributed by atoms with Crippen molar-refractivity contribution >= 4 is 5.97 Å². The highest BCUT2D eigenvalue weighted by Gasteiger charge is 2.14. The summed E-state index contributed by atoms with van der Waals surface area (Å²) in [5.41, 5.74) is 2.49. The zero-order valence-corrected chi connectivity index (χ0v) is 11.0. The summed E-state index contributed by atoms with van der Waals surface area (Å²) in [4.78, 5) is 11.3. The molecular formula is C14H21NO2. The van der Waals surface area contributed by atoms with E-state index in [4.69, 9.17) is 4.74 Å². The summed E-state index contributed by atoms with van der Waals surface area (Å²) in [7, 11) is 1.42. The monoisotopic (exact) mass is 235 g/mol. The topological polar surface area (TPSA) is 38.3 Å². The maximum atomic E-state index is 11.3. The van der Waals surface area contributed by atoms with Crippen molar-refractivity contribution in [2.24, 2.45) is 5.92 Å². The molecule has 0 spiro atoms. The van der Waals surface area contributed by atoms with Crippen molar-refractivity contribution in [3.63, 3.8) is 0 Å². The highest BCUT2D eigenvalue weighted by molar-refractivity contribution is 5.72. The molecule has 1 N–H and O–H groups in total. The van der Waals surface area contributed by atoms with E-state index in [1.54, 1.807) is 0 Å². The predicted molar refractivity (Wildman–Crippen MR) is 68.8 cm³/mol. The van der Waals surface area contributed by atoms with Crippen molar-refractivity contribution in [3.8, 4) is 0 Å². The summed E-state index contributed by atoms with van der Waals surface area (Å²) in [5, 5.41) is 3.34. The van der Waals surface area contributed by atoms with E-state index < -0.39 is 0 Å². The number of nitrogens with one attached hydrogen (secondary N) is 1. The van der Waals surface area contributed by atoms with Gasteiger partial charge in [-0.05, 0) is 19.4 Å². The van der Waals surface area contributed by atoms with Crippen molar-refractivity contribution in [3.05, 3.63) is 35.4 Å². The number of esters is 1. The van der Waals surface area contributed by atoms with Gasteiger partial charge in [0.05, 0.1) is 13.0 Å². The highest BCUT2D eigenvalue weighted by atomic mass is 16.5. The molecule has 1 unspecified atom stereocenters. The Hall–Kier alpha value is -1.35. The molecular weight excluding hydrogens is 214 g/mol. The molecule has 0 saturated carbocycles. The first-order valence-electron chi connectivity index (χ1n) is 5.92. The number of aryl methyl sites for hydroxylation is 1. The van der Waals surface area contributed by atoms with E-state index >= 15 is 0 Å². The van der Waals surface area contributed by atoms with Gasteiger partial charge in [-0.2, -0.15) is 0 Å². The summed E-state index contributed by atoms with van der Waals surface area (Å²) in [5.74, 6) is -0.291. The SMILES string of the molecule is COC(=O)C(C)CN[C@H](C)c1cccc(C)c1. The van der Waals surface area contributed by atoms with Gasteiger partial charge in [-0.1, -0.05) is 36.8 Å². The van der Waals surface area contributed by atoms with Gasteiger partial charge in [0, 0.05) is 12.6 Å². The minimum atomic E-state index is -0.172. The molecule has 0 aliphatic rings. The lowest BCUT2D eigenvalue weighted by Gasteiger charge is -2.17. The van der Waals surface area contributed by atoms with Crippen LogP contribution in [0.4, 0.5) is 0 Å². The molecule has 1 aromatic rings. The van der Waals surface area contributed by atoms with Crippen LogP contribution in [-0.4, -0.2) is 19.6 Å². The van der Waals surface area contributed by atoms with E-state index in [-0.39, 0.29) is 17.9 Å². The van der Waals surface area contributed by atoms with Gasteiger partial charge in [-0.3, -0.25) is 4.79 Å². The van der Waals surface area contributed by atoms with Gasteiger partial charge < -0.3 is 10.1 Å². The van der Waals surface area contributed by atoms with Crippen LogP contribution in [0.2, 0.25) is 0 Å². The highest BCUT2D eigenvalue weighted by Crippen LogP contribution is 2.14. The minimum Gasteiger partial charge on any atom is -0.469 e. The van der Waals surface area contributed by atoms with Gasteiger partial charge in [0.1, 0.15) is 0 Å². The third-order valence-corrected chi connectivity index (χ3v) is 2.88. The van der Waals surface area contributed by atoms with Crippen LogP contribution < -0.4 is 5.32 Å². The number of methoxy groups -OCH3 is 1. The number of benzene rings is 1. The normalized spacial score (nSPS) is 14.1. The Morgan fingerprint density at radius 3 is 2.71 bits per heavy atom. The number of carbonyl (C=O) groups is 1. The molecule has 0 aromatic heterocycles. The van der Waals surface area contributed by atoms with Crippen LogP contribution in [0.25, 0.3) is 0 Å². The largest absolute Gasteiger partial charge is 0.469 e. The quantitative estimate of drug-likeness (QED) is 0.797. The van der Waals surface area contributed by atoms with Crippen molar-refractivity contribution in [1.82, 2.24) is 5.32 Å². The smallest absolute Gasteiger partial charge is 0.309 e. The molecule has 17 heavy (non-hydrogen) atoms. The molecule has 0 aliphatic carbocycles. The molecule has 1 rings (SSSR count). The fraction of sp³-hybridized carbons (Fsp3) is 0.500. The number of rotatable bonds is 5. The first kappa shape index (κ1) is 13.7. The van der Waals surface area contributed by atoms with Crippen LogP contribution in [0.3, 0.4) is 0 Å². The zero-order chi connectivity index (χ0) is 12.8. The molecule has 94 valence electrons. The molecule has 0 heterocycles. The Morgan fingerprint density at radius 1 is 1.41 bits per heavy atom. The predicted octanol–water partition coefficient (Wildman–Crippen LogP) is 2.45. The van der Waals surface area contributed by atoms with Crippen molar-refractivity contribution in [2.75, 3.05) is 13.7 Å². The summed E-state index contributed by atoms with van der Waals surface area (Å²) < 4.78 is 4.69. The molecule has 0 bridgehead atoms. The zero-order valence-electron chi connectivity index (χ0n) is 11.0. The first-order chi connectivity index (χ1) is 8.04. The summed E-state index contributed by atoms with van der Waals surface area (Å²) in [6.07, 6.45) is 0.